The van der Waals surface area contributed by atoms with E-state index in [9.17, 15) is 28.1 Å². The molecule has 1 N–H and O–H groups in total. The molecule has 0 saturated carbocycles. The Morgan fingerprint density at radius 2 is 1.86 bits per heavy atom. The predicted octanol–water partition coefficient (Wildman–Crippen LogP) is 3.69. The largest absolute Gasteiger partial charge is 0.494 e. The van der Waals surface area contributed by atoms with Crippen LogP contribution in [0.25, 0.3) is 0 Å². The molecular weight excluding hydrogens is 379 g/mol. The summed E-state index contributed by atoms with van der Waals surface area (Å²) in [4.78, 5) is 24.0. The monoisotopic (exact) mass is 397 g/mol. The molecule has 7 nitrogen and oxygen atoms in total. The van der Waals surface area contributed by atoms with Crippen LogP contribution < -0.4 is 10.1 Å². The van der Waals surface area contributed by atoms with Crippen LogP contribution in [-0.4, -0.2) is 36.4 Å². The van der Waals surface area contributed by atoms with Gasteiger partial charge in [0.2, 0.25) is 5.91 Å². The highest BCUT2D eigenvalue weighted by molar-refractivity contribution is 5.93. The van der Waals surface area contributed by atoms with Crippen LogP contribution in [0, 0.1) is 10.1 Å². The van der Waals surface area contributed by atoms with E-state index >= 15 is 0 Å². The Bertz CT molecular complexity index is 854. The van der Waals surface area contributed by atoms with Gasteiger partial charge in [-0.1, -0.05) is 12.1 Å². The molecule has 0 spiro atoms. The second-order valence-corrected chi connectivity index (χ2v) is 6.06. The Balaban J connectivity index is 1.96. The molecule has 0 bridgehead atoms. The summed E-state index contributed by atoms with van der Waals surface area (Å²) in [6.45, 7) is 0.226. The third-order valence-corrected chi connectivity index (χ3v) is 3.82. The van der Waals surface area contributed by atoms with Crippen molar-refractivity contribution in [2.75, 3.05) is 26.0 Å². The lowest BCUT2D eigenvalue weighted by molar-refractivity contribution is -0.384. The molecule has 0 radical (unpaired) electrons. The lowest BCUT2D eigenvalue weighted by atomic mass is 10.1. The first-order valence-corrected chi connectivity index (χ1v) is 8.07. The van der Waals surface area contributed by atoms with Gasteiger partial charge in [0, 0.05) is 12.6 Å². The number of carbonyl (C=O) groups excluding carboxylic acids is 1. The van der Waals surface area contributed by atoms with E-state index in [1.54, 1.807) is 11.9 Å². The fraction of sp³-hybridized carbons (Fsp3) is 0.278. The highest BCUT2D eigenvalue weighted by Gasteiger charge is 2.29. The standard InChI is InChI=1S/C18H18F3N3O4/c1-23(10-12-3-5-13(6-4-12)18(19,20)21)11-17(25)22-15-8-7-14(24(26)27)9-16(15)28-2/h3-9H,10-11H2,1-2H3,(H,22,25). The van der Waals surface area contributed by atoms with Crippen molar-refractivity contribution in [2.24, 2.45) is 0 Å². The number of nitro benzene ring substituents is 1. The van der Waals surface area contributed by atoms with Crippen LogP contribution in [0.4, 0.5) is 24.5 Å². The zero-order valence-corrected chi connectivity index (χ0v) is 15.1. The van der Waals surface area contributed by atoms with Crippen molar-refractivity contribution in [1.82, 2.24) is 4.90 Å². The van der Waals surface area contributed by atoms with Crippen molar-refractivity contribution >= 4 is 17.3 Å². The number of halogens is 3. The molecule has 2 aromatic rings. The number of methoxy groups -OCH3 is 1. The number of hydrogen-bond acceptors (Lipinski definition) is 5. The van der Waals surface area contributed by atoms with E-state index in [-0.39, 0.29) is 30.2 Å². The number of benzene rings is 2. The summed E-state index contributed by atoms with van der Waals surface area (Å²) in [7, 11) is 2.97. The van der Waals surface area contributed by atoms with Gasteiger partial charge in [-0.3, -0.25) is 19.8 Å². The van der Waals surface area contributed by atoms with E-state index < -0.39 is 22.6 Å². The molecule has 0 saturated heterocycles. The van der Waals surface area contributed by atoms with Gasteiger partial charge in [0.25, 0.3) is 5.69 Å². The third-order valence-electron chi connectivity index (χ3n) is 3.82. The molecule has 28 heavy (non-hydrogen) atoms. The Morgan fingerprint density at radius 3 is 2.39 bits per heavy atom. The SMILES string of the molecule is COc1cc([N+](=O)[O-])ccc1NC(=O)CN(C)Cc1ccc(C(F)(F)F)cc1. The quantitative estimate of drug-likeness (QED) is 0.569. The van der Waals surface area contributed by atoms with Crippen LogP contribution in [0.1, 0.15) is 11.1 Å². The van der Waals surface area contributed by atoms with E-state index in [1.807, 2.05) is 0 Å². The Morgan fingerprint density at radius 1 is 1.21 bits per heavy atom. The maximum Gasteiger partial charge on any atom is 0.416 e. The fourth-order valence-electron chi connectivity index (χ4n) is 2.50. The normalized spacial score (nSPS) is 11.4. The van der Waals surface area contributed by atoms with Crippen LogP contribution in [0.5, 0.6) is 5.75 Å². The van der Waals surface area contributed by atoms with Crippen LogP contribution in [0.15, 0.2) is 42.5 Å². The first kappa shape index (κ1) is 21.2. The van der Waals surface area contributed by atoms with Gasteiger partial charge < -0.3 is 10.1 Å². The van der Waals surface area contributed by atoms with Crippen molar-refractivity contribution in [3.05, 3.63) is 63.7 Å². The average Bonchev–Trinajstić information content (AvgIpc) is 2.61. The van der Waals surface area contributed by atoms with Crippen LogP contribution >= 0.6 is 0 Å². The number of amides is 1. The number of ether oxygens (including phenoxy) is 1. The first-order chi connectivity index (χ1) is 13.1. The number of anilines is 1. The van der Waals surface area contributed by atoms with Gasteiger partial charge >= 0.3 is 6.18 Å². The molecule has 150 valence electrons. The lowest BCUT2D eigenvalue weighted by Crippen LogP contribution is -2.30. The number of nitro groups is 1. The van der Waals surface area contributed by atoms with Crippen LogP contribution in [0.2, 0.25) is 0 Å². The Hall–Kier alpha value is -3.14. The summed E-state index contributed by atoms with van der Waals surface area (Å²) in [5.74, 6) is -0.255. The molecule has 0 unspecified atom stereocenters. The molecule has 0 aliphatic carbocycles. The molecule has 10 heteroatoms. The van der Waals surface area contributed by atoms with E-state index in [2.05, 4.69) is 5.32 Å². The minimum Gasteiger partial charge on any atom is -0.494 e. The fourth-order valence-corrected chi connectivity index (χ4v) is 2.50. The summed E-state index contributed by atoms with van der Waals surface area (Å²) < 4.78 is 42.8. The molecular formula is C18H18F3N3O4. The molecule has 2 aromatic carbocycles. The highest BCUT2D eigenvalue weighted by Crippen LogP contribution is 2.30. The molecule has 0 fully saturated rings. The minimum atomic E-state index is -4.39. The zero-order valence-electron chi connectivity index (χ0n) is 15.1. The maximum absolute atomic E-state index is 12.6. The number of carbonyl (C=O) groups is 1. The second kappa shape index (κ2) is 8.70. The summed E-state index contributed by atoms with van der Waals surface area (Å²) in [6.07, 6.45) is -4.39. The number of hydrogen-bond donors (Lipinski definition) is 1. The molecule has 0 aromatic heterocycles. The summed E-state index contributed by atoms with van der Waals surface area (Å²) in [6, 6.07) is 8.50. The third kappa shape index (κ3) is 5.68. The predicted molar refractivity (Wildman–Crippen MR) is 96.1 cm³/mol. The van der Waals surface area contributed by atoms with Gasteiger partial charge in [-0.15, -0.1) is 0 Å². The van der Waals surface area contributed by atoms with Gasteiger partial charge in [-0.2, -0.15) is 13.2 Å². The highest BCUT2D eigenvalue weighted by atomic mass is 19.4. The van der Waals surface area contributed by atoms with Crippen molar-refractivity contribution < 1.29 is 27.6 Å². The summed E-state index contributed by atoms with van der Waals surface area (Å²) >= 11 is 0. The number of likely N-dealkylation sites (N-methyl/N-ethyl adjacent to an activating group) is 1. The summed E-state index contributed by atoms with van der Waals surface area (Å²) in [5, 5.41) is 13.4. The number of nitrogens with one attached hydrogen (secondary N) is 1. The Labute approximate surface area is 158 Å². The Kier molecular flexibility index (Phi) is 6.57. The molecule has 1 amide bonds. The molecule has 0 aliphatic rings. The number of non-ortho nitro benzene ring substituents is 1. The van der Waals surface area contributed by atoms with E-state index in [0.717, 1.165) is 12.1 Å². The van der Waals surface area contributed by atoms with Crippen molar-refractivity contribution in [3.8, 4) is 5.75 Å². The average molecular weight is 397 g/mol. The number of rotatable bonds is 7. The van der Waals surface area contributed by atoms with E-state index in [1.165, 1.54) is 37.4 Å². The van der Waals surface area contributed by atoms with Crippen LogP contribution in [-0.2, 0) is 17.5 Å². The van der Waals surface area contributed by atoms with Gasteiger partial charge in [-0.25, -0.2) is 0 Å². The number of nitrogens with zero attached hydrogens (tertiary/aromatic N) is 2. The topological polar surface area (TPSA) is 84.7 Å². The molecule has 0 heterocycles. The van der Waals surface area contributed by atoms with Crippen molar-refractivity contribution in [2.45, 2.75) is 12.7 Å². The summed E-state index contributed by atoms with van der Waals surface area (Å²) in [5.41, 5.74) is -0.00608. The van der Waals surface area contributed by atoms with Crippen molar-refractivity contribution in [3.63, 3.8) is 0 Å². The first-order valence-electron chi connectivity index (χ1n) is 8.07. The molecule has 0 atom stereocenters. The number of alkyl halides is 3. The van der Waals surface area contributed by atoms with Gasteiger partial charge in [0.15, 0.2) is 0 Å². The van der Waals surface area contributed by atoms with Crippen molar-refractivity contribution in [1.29, 1.82) is 0 Å². The maximum atomic E-state index is 12.6. The van der Waals surface area contributed by atoms with E-state index in [0.29, 0.717) is 5.56 Å². The van der Waals surface area contributed by atoms with Crippen LogP contribution in [0.3, 0.4) is 0 Å². The zero-order chi connectivity index (χ0) is 20.9. The molecule has 2 rings (SSSR count). The minimum absolute atomic E-state index is 0.0405. The van der Waals surface area contributed by atoms with Gasteiger partial charge in [0.1, 0.15) is 5.75 Å². The molecule has 0 aliphatic heterocycles. The van der Waals surface area contributed by atoms with Gasteiger partial charge in [0.05, 0.1) is 35.9 Å². The van der Waals surface area contributed by atoms with E-state index in [4.69, 9.17) is 4.74 Å². The van der Waals surface area contributed by atoms with Gasteiger partial charge in [-0.05, 0) is 30.8 Å². The second-order valence-electron chi connectivity index (χ2n) is 6.06. The smallest absolute Gasteiger partial charge is 0.416 e. The lowest BCUT2D eigenvalue weighted by Gasteiger charge is -2.17.